The standard InChI is InChI=1S/C13H14F2/c1-3-5-10(6-4-2)11-7-8-12(14)13(15)9-11/h1,7-10H,4-6H2,2H3. The molecule has 2 heteroatoms. The maximum absolute atomic E-state index is 13.0. The van der Waals surface area contributed by atoms with Crippen molar-refractivity contribution in [3.05, 3.63) is 35.4 Å². The monoisotopic (exact) mass is 208 g/mol. The Morgan fingerprint density at radius 3 is 2.60 bits per heavy atom. The highest BCUT2D eigenvalue weighted by Crippen LogP contribution is 2.25. The second-order valence-corrected chi connectivity index (χ2v) is 3.57. The molecule has 0 spiro atoms. The highest BCUT2D eigenvalue weighted by atomic mass is 19.2. The zero-order valence-electron chi connectivity index (χ0n) is 8.76. The van der Waals surface area contributed by atoms with Crippen LogP contribution in [-0.4, -0.2) is 0 Å². The molecule has 1 aromatic rings. The first-order chi connectivity index (χ1) is 7.19. The first kappa shape index (κ1) is 11.7. The molecule has 0 N–H and O–H groups in total. The van der Waals surface area contributed by atoms with Crippen LogP contribution in [0.15, 0.2) is 18.2 Å². The van der Waals surface area contributed by atoms with E-state index >= 15 is 0 Å². The molecule has 0 heterocycles. The predicted molar refractivity (Wildman–Crippen MR) is 57.5 cm³/mol. The first-order valence-electron chi connectivity index (χ1n) is 5.07. The second kappa shape index (κ2) is 5.50. The molecular formula is C13H14F2. The largest absolute Gasteiger partial charge is 0.204 e. The molecule has 0 aliphatic carbocycles. The molecule has 0 bridgehead atoms. The summed E-state index contributed by atoms with van der Waals surface area (Å²) in [5.74, 6) is 1.09. The summed E-state index contributed by atoms with van der Waals surface area (Å²) in [7, 11) is 0. The average molecular weight is 208 g/mol. The fourth-order valence-corrected chi connectivity index (χ4v) is 1.64. The van der Waals surface area contributed by atoms with Crippen molar-refractivity contribution in [1.29, 1.82) is 0 Å². The third kappa shape index (κ3) is 3.06. The normalized spacial score (nSPS) is 12.1. The van der Waals surface area contributed by atoms with E-state index in [0.29, 0.717) is 6.42 Å². The lowest BCUT2D eigenvalue weighted by Gasteiger charge is -2.13. The quantitative estimate of drug-likeness (QED) is 0.659. The molecule has 0 amide bonds. The zero-order valence-corrected chi connectivity index (χ0v) is 8.76. The van der Waals surface area contributed by atoms with E-state index in [0.717, 1.165) is 24.5 Å². The summed E-state index contributed by atoms with van der Waals surface area (Å²) in [5, 5.41) is 0. The summed E-state index contributed by atoms with van der Waals surface area (Å²) in [6, 6.07) is 4.01. The van der Waals surface area contributed by atoms with Gasteiger partial charge in [-0.3, -0.25) is 0 Å². The summed E-state index contributed by atoms with van der Waals surface area (Å²) in [6.45, 7) is 2.05. The van der Waals surface area contributed by atoms with Crippen LogP contribution in [0.2, 0.25) is 0 Å². The van der Waals surface area contributed by atoms with Crippen molar-refractivity contribution in [3.63, 3.8) is 0 Å². The molecule has 1 rings (SSSR count). The molecule has 0 saturated heterocycles. The van der Waals surface area contributed by atoms with Crippen molar-refractivity contribution in [2.75, 3.05) is 0 Å². The van der Waals surface area contributed by atoms with Crippen molar-refractivity contribution in [3.8, 4) is 12.3 Å². The second-order valence-electron chi connectivity index (χ2n) is 3.57. The lowest BCUT2D eigenvalue weighted by atomic mass is 9.92. The highest BCUT2D eigenvalue weighted by Gasteiger charge is 2.11. The molecule has 80 valence electrons. The topological polar surface area (TPSA) is 0 Å². The molecule has 0 radical (unpaired) electrons. The zero-order chi connectivity index (χ0) is 11.3. The minimum Gasteiger partial charge on any atom is -0.204 e. The Balaban J connectivity index is 2.91. The molecular weight excluding hydrogens is 194 g/mol. The molecule has 1 aromatic carbocycles. The van der Waals surface area contributed by atoms with Crippen LogP contribution in [0.1, 0.15) is 37.7 Å². The van der Waals surface area contributed by atoms with Crippen LogP contribution in [0, 0.1) is 24.0 Å². The Morgan fingerprint density at radius 2 is 2.07 bits per heavy atom. The molecule has 0 saturated carbocycles. The van der Waals surface area contributed by atoms with E-state index in [9.17, 15) is 8.78 Å². The molecule has 0 aromatic heterocycles. The van der Waals surface area contributed by atoms with Gasteiger partial charge in [0.2, 0.25) is 0 Å². The van der Waals surface area contributed by atoms with Crippen molar-refractivity contribution in [1.82, 2.24) is 0 Å². The van der Waals surface area contributed by atoms with E-state index in [-0.39, 0.29) is 5.92 Å². The van der Waals surface area contributed by atoms with Gasteiger partial charge in [-0.25, -0.2) is 8.78 Å². The SMILES string of the molecule is C#CCC(CCC)c1ccc(F)c(F)c1. The predicted octanol–water partition coefficient (Wildman–Crippen LogP) is 3.87. The summed E-state index contributed by atoms with van der Waals surface area (Å²) in [4.78, 5) is 0. The van der Waals surface area contributed by atoms with Crippen LogP contribution >= 0.6 is 0 Å². The van der Waals surface area contributed by atoms with E-state index < -0.39 is 11.6 Å². The number of terminal acetylenes is 1. The van der Waals surface area contributed by atoms with Crippen molar-refractivity contribution in [2.45, 2.75) is 32.1 Å². The number of rotatable bonds is 4. The molecule has 0 nitrogen and oxygen atoms in total. The minimum atomic E-state index is -0.810. The average Bonchev–Trinajstić information content (AvgIpc) is 2.22. The number of hydrogen-bond acceptors (Lipinski definition) is 0. The van der Waals surface area contributed by atoms with Crippen LogP contribution in [0.3, 0.4) is 0 Å². The number of halogens is 2. The van der Waals surface area contributed by atoms with Crippen LogP contribution in [0.4, 0.5) is 8.78 Å². The van der Waals surface area contributed by atoms with Crippen molar-refractivity contribution in [2.24, 2.45) is 0 Å². The van der Waals surface area contributed by atoms with Gasteiger partial charge < -0.3 is 0 Å². The van der Waals surface area contributed by atoms with Gasteiger partial charge in [-0.15, -0.1) is 12.3 Å². The molecule has 1 atom stereocenters. The Labute approximate surface area is 89.3 Å². The van der Waals surface area contributed by atoms with E-state index in [2.05, 4.69) is 5.92 Å². The van der Waals surface area contributed by atoms with Gasteiger partial charge in [-0.1, -0.05) is 19.4 Å². The summed E-state index contributed by atoms with van der Waals surface area (Å²) in [5.41, 5.74) is 0.786. The van der Waals surface area contributed by atoms with Crippen LogP contribution < -0.4 is 0 Å². The summed E-state index contributed by atoms with van der Waals surface area (Å²) < 4.78 is 25.7. The Bertz CT molecular complexity index is 363. The van der Waals surface area contributed by atoms with Crippen LogP contribution in [0.25, 0.3) is 0 Å². The molecule has 15 heavy (non-hydrogen) atoms. The van der Waals surface area contributed by atoms with Crippen LogP contribution in [0.5, 0.6) is 0 Å². The fraction of sp³-hybridized carbons (Fsp3) is 0.385. The number of hydrogen-bond donors (Lipinski definition) is 0. The number of benzene rings is 1. The molecule has 1 unspecified atom stereocenters. The molecule has 0 aliphatic rings. The van der Waals surface area contributed by atoms with Gasteiger partial charge in [0.25, 0.3) is 0 Å². The minimum absolute atomic E-state index is 0.134. The third-order valence-corrected chi connectivity index (χ3v) is 2.42. The van der Waals surface area contributed by atoms with Crippen LogP contribution in [-0.2, 0) is 0 Å². The Hall–Kier alpha value is -1.36. The third-order valence-electron chi connectivity index (χ3n) is 2.42. The van der Waals surface area contributed by atoms with Crippen molar-refractivity contribution < 1.29 is 8.78 Å². The lowest BCUT2D eigenvalue weighted by molar-refractivity contribution is 0.503. The Morgan fingerprint density at radius 1 is 1.33 bits per heavy atom. The van der Waals surface area contributed by atoms with Gasteiger partial charge in [0, 0.05) is 6.42 Å². The van der Waals surface area contributed by atoms with E-state index in [1.807, 2.05) is 6.92 Å². The van der Waals surface area contributed by atoms with E-state index in [1.54, 1.807) is 6.07 Å². The highest BCUT2D eigenvalue weighted by molar-refractivity contribution is 5.23. The summed E-state index contributed by atoms with van der Waals surface area (Å²) in [6.07, 6.45) is 7.69. The van der Waals surface area contributed by atoms with Gasteiger partial charge in [-0.2, -0.15) is 0 Å². The van der Waals surface area contributed by atoms with E-state index in [1.165, 1.54) is 6.07 Å². The molecule has 0 fully saturated rings. The smallest absolute Gasteiger partial charge is 0.159 e. The van der Waals surface area contributed by atoms with Gasteiger partial charge in [-0.05, 0) is 30.0 Å². The lowest BCUT2D eigenvalue weighted by Crippen LogP contribution is -1.99. The maximum Gasteiger partial charge on any atom is 0.159 e. The van der Waals surface area contributed by atoms with Gasteiger partial charge >= 0.3 is 0 Å². The van der Waals surface area contributed by atoms with Gasteiger partial charge in [0.15, 0.2) is 11.6 Å². The van der Waals surface area contributed by atoms with E-state index in [4.69, 9.17) is 6.42 Å². The Kier molecular flexibility index (Phi) is 4.30. The summed E-state index contributed by atoms with van der Waals surface area (Å²) >= 11 is 0. The molecule has 0 aliphatic heterocycles. The van der Waals surface area contributed by atoms with Gasteiger partial charge in [0.1, 0.15) is 0 Å². The first-order valence-corrected chi connectivity index (χ1v) is 5.07. The van der Waals surface area contributed by atoms with Gasteiger partial charge in [0.05, 0.1) is 0 Å². The fourth-order valence-electron chi connectivity index (χ4n) is 1.64. The van der Waals surface area contributed by atoms with Crippen molar-refractivity contribution >= 4 is 0 Å². The maximum atomic E-state index is 13.0.